The Labute approximate surface area is 140 Å². The van der Waals surface area contributed by atoms with Gasteiger partial charge in [0.1, 0.15) is 0 Å². The van der Waals surface area contributed by atoms with Crippen molar-refractivity contribution in [2.24, 2.45) is 0 Å². The zero-order valence-corrected chi connectivity index (χ0v) is 13.1. The number of nitrogens with one attached hydrogen (secondary N) is 1. The predicted octanol–water partition coefficient (Wildman–Crippen LogP) is 4.33. The van der Waals surface area contributed by atoms with E-state index >= 15 is 0 Å². The van der Waals surface area contributed by atoms with Gasteiger partial charge in [-0.25, -0.2) is 0 Å². The van der Waals surface area contributed by atoms with Gasteiger partial charge in [0.2, 0.25) is 0 Å². The molecule has 1 N–H and O–H groups in total. The van der Waals surface area contributed by atoms with Crippen LogP contribution in [0.2, 0.25) is 5.02 Å². The Bertz CT molecular complexity index is 801. The van der Waals surface area contributed by atoms with Crippen LogP contribution in [-0.4, -0.2) is 10.9 Å². The first-order valence-corrected chi connectivity index (χ1v) is 7.65. The molecule has 0 spiro atoms. The van der Waals surface area contributed by atoms with Crippen molar-refractivity contribution >= 4 is 17.5 Å². The Morgan fingerprint density at radius 2 is 1.70 bits per heavy atom. The Kier molecular flexibility index (Phi) is 4.69. The quantitative estimate of drug-likeness (QED) is 0.776. The molecule has 0 radical (unpaired) electrons. The van der Waals surface area contributed by atoms with Crippen molar-refractivity contribution in [3.63, 3.8) is 0 Å². The molecule has 0 saturated heterocycles. The minimum absolute atomic E-state index is 0.135. The molecule has 3 nitrogen and oxygen atoms in total. The first-order chi connectivity index (χ1) is 11.2. The maximum Gasteiger partial charge on any atom is 0.251 e. The van der Waals surface area contributed by atoms with Gasteiger partial charge in [0.05, 0.1) is 5.69 Å². The highest BCUT2D eigenvalue weighted by atomic mass is 35.5. The Morgan fingerprint density at radius 3 is 2.43 bits per heavy atom. The Balaban J connectivity index is 1.76. The molecular formula is C19H15ClN2O. The summed E-state index contributed by atoms with van der Waals surface area (Å²) in [5.74, 6) is -0.135. The summed E-state index contributed by atoms with van der Waals surface area (Å²) < 4.78 is 0. The van der Waals surface area contributed by atoms with Crippen LogP contribution in [-0.2, 0) is 6.54 Å². The third kappa shape index (κ3) is 3.76. The third-order valence-electron chi connectivity index (χ3n) is 3.48. The first kappa shape index (κ1) is 15.3. The number of aromatic nitrogens is 1. The number of carbonyl (C=O) groups is 1. The molecule has 4 heteroatoms. The molecule has 114 valence electrons. The van der Waals surface area contributed by atoms with Gasteiger partial charge in [-0.3, -0.25) is 9.78 Å². The van der Waals surface area contributed by atoms with E-state index in [0.717, 1.165) is 16.8 Å². The van der Waals surface area contributed by atoms with Gasteiger partial charge in [0.15, 0.2) is 0 Å². The lowest BCUT2D eigenvalue weighted by Gasteiger charge is -2.10. The number of halogens is 1. The normalized spacial score (nSPS) is 10.3. The predicted molar refractivity (Wildman–Crippen MR) is 92.3 cm³/mol. The highest BCUT2D eigenvalue weighted by Crippen LogP contribution is 2.20. The van der Waals surface area contributed by atoms with E-state index in [4.69, 9.17) is 11.6 Å². The van der Waals surface area contributed by atoms with Gasteiger partial charge in [-0.1, -0.05) is 48.0 Å². The van der Waals surface area contributed by atoms with Gasteiger partial charge < -0.3 is 5.32 Å². The van der Waals surface area contributed by atoms with Crippen LogP contribution in [0.1, 0.15) is 15.9 Å². The molecule has 1 amide bonds. The maximum atomic E-state index is 12.2. The second-order valence-electron chi connectivity index (χ2n) is 5.07. The van der Waals surface area contributed by atoms with Gasteiger partial charge in [-0.05, 0) is 35.9 Å². The van der Waals surface area contributed by atoms with Crippen LogP contribution in [0.15, 0.2) is 72.9 Å². The van der Waals surface area contributed by atoms with Crippen molar-refractivity contribution in [2.75, 3.05) is 0 Å². The van der Waals surface area contributed by atoms with Gasteiger partial charge in [-0.15, -0.1) is 0 Å². The summed E-state index contributed by atoms with van der Waals surface area (Å²) in [6.45, 7) is 0.416. The summed E-state index contributed by atoms with van der Waals surface area (Å²) in [6, 6.07) is 20.6. The van der Waals surface area contributed by atoms with Crippen LogP contribution in [0.3, 0.4) is 0 Å². The van der Waals surface area contributed by atoms with Crippen molar-refractivity contribution in [3.8, 4) is 11.3 Å². The molecule has 0 aliphatic heterocycles. The minimum Gasteiger partial charge on any atom is -0.348 e. The number of nitrogens with zero attached hydrogens (tertiary/aromatic N) is 1. The average molecular weight is 323 g/mol. The van der Waals surface area contributed by atoms with Crippen LogP contribution in [0.25, 0.3) is 11.3 Å². The monoisotopic (exact) mass is 322 g/mol. The fraction of sp³-hybridized carbons (Fsp3) is 0.0526. The lowest BCUT2D eigenvalue weighted by molar-refractivity contribution is 0.0951. The Hall–Kier alpha value is -2.65. The molecule has 0 aliphatic rings. The summed E-state index contributed by atoms with van der Waals surface area (Å²) in [5, 5.41) is 3.53. The summed E-state index contributed by atoms with van der Waals surface area (Å²) in [5.41, 5.74) is 3.47. The molecule has 0 bridgehead atoms. The molecule has 0 aliphatic carbocycles. The van der Waals surface area contributed by atoms with Gasteiger partial charge in [0, 0.05) is 28.9 Å². The summed E-state index contributed by atoms with van der Waals surface area (Å²) >= 11 is 5.84. The van der Waals surface area contributed by atoms with Crippen LogP contribution >= 0.6 is 11.6 Å². The average Bonchev–Trinajstić information content (AvgIpc) is 2.61. The van der Waals surface area contributed by atoms with E-state index in [0.29, 0.717) is 17.1 Å². The zero-order chi connectivity index (χ0) is 16.1. The third-order valence-corrected chi connectivity index (χ3v) is 3.74. The molecule has 0 unspecified atom stereocenters. The highest BCUT2D eigenvalue weighted by Gasteiger charge is 2.09. The van der Waals surface area contributed by atoms with E-state index < -0.39 is 0 Å². The topological polar surface area (TPSA) is 42.0 Å². The summed E-state index contributed by atoms with van der Waals surface area (Å²) in [4.78, 5) is 16.6. The molecule has 0 fully saturated rings. The molecule has 0 atom stereocenters. The summed E-state index contributed by atoms with van der Waals surface area (Å²) in [6.07, 6.45) is 1.76. The number of amides is 1. The second-order valence-corrected chi connectivity index (χ2v) is 5.50. The van der Waals surface area contributed by atoms with Crippen LogP contribution in [0.4, 0.5) is 0 Å². The highest BCUT2D eigenvalue weighted by molar-refractivity contribution is 6.30. The molecule has 3 rings (SSSR count). The lowest BCUT2D eigenvalue weighted by Crippen LogP contribution is -2.23. The van der Waals surface area contributed by atoms with Crippen LogP contribution in [0, 0.1) is 0 Å². The van der Waals surface area contributed by atoms with E-state index in [9.17, 15) is 4.79 Å². The number of pyridine rings is 1. The molecule has 23 heavy (non-hydrogen) atoms. The summed E-state index contributed by atoms with van der Waals surface area (Å²) in [7, 11) is 0. The lowest BCUT2D eigenvalue weighted by atomic mass is 10.1. The van der Waals surface area contributed by atoms with Gasteiger partial charge >= 0.3 is 0 Å². The van der Waals surface area contributed by atoms with E-state index in [1.807, 2.05) is 42.5 Å². The van der Waals surface area contributed by atoms with Gasteiger partial charge in [-0.2, -0.15) is 0 Å². The fourth-order valence-electron chi connectivity index (χ4n) is 2.32. The molecule has 3 aromatic rings. The van der Waals surface area contributed by atoms with Crippen molar-refractivity contribution in [3.05, 3.63) is 89.1 Å². The minimum atomic E-state index is -0.135. The molecule has 0 saturated carbocycles. The standard InChI is InChI=1S/C19H15ClN2O/c20-17-10-8-15(9-11-17)19(23)22-13-16-7-4-12-21-18(16)14-5-2-1-3-6-14/h1-12H,13H2,(H,22,23). The number of hydrogen-bond donors (Lipinski definition) is 1. The molecule has 1 aromatic heterocycles. The maximum absolute atomic E-state index is 12.2. The smallest absolute Gasteiger partial charge is 0.251 e. The van der Waals surface area contributed by atoms with Crippen LogP contribution < -0.4 is 5.32 Å². The molecule has 2 aromatic carbocycles. The van der Waals surface area contributed by atoms with E-state index in [1.165, 1.54) is 0 Å². The molecular weight excluding hydrogens is 308 g/mol. The number of carbonyl (C=O) groups excluding carboxylic acids is 1. The van der Waals surface area contributed by atoms with Crippen molar-refractivity contribution in [1.82, 2.24) is 10.3 Å². The number of rotatable bonds is 4. The number of benzene rings is 2. The first-order valence-electron chi connectivity index (χ1n) is 7.27. The number of hydrogen-bond acceptors (Lipinski definition) is 2. The van der Waals surface area contributed by atoms with Crippen molar-refractivity contribution in [2.45, 2.75) is 6.54 Å². The zero-order valence-electron chi connectivity index (χ0n) is 12.4. The van der Waals surface area contributed by atoms with Gasteiger partial charge in [0.25, 0.3) is 5.91 Å². The van der Waals surface area contributed by atoms with E-state index in [2.05, 4.69) is 10.3 Å². The van der Waals surface area contributed by atoms with Crippen molar-refractivity contribution < 1.29 is 4.79 Å². The fourth-order valence-corrected chi connectivity index (χ4v) is 2.44. The second kappa shape index (κ2) is 7.07. The van der Waals surface area contributed by atoms with E-state index in [-0.39, 0.29) is 5.91 Å². The SMILES string of the molecule is O=C(NCc1cccnc1-c1ccccc1)c1ccc(Cl)cc1. The molecule has 1 heterocycles. The van der Waals surface area contributed by atoms with E-state index in [1.54, 1.807) is 30.5 Å². The van der Waals surface area contributed by atoms with Crippen molar-refractivity contribution in [1.29, 1.82) is 0 Å². The largest absolute Gasteiger partial charge is 0.348 e. The Morgan fingerprint density at radius 1 is 0.957 bits per heavy atom. The van der Waals surface area contributed by atoms with Crippen LogP contribution in [0.5, 0.6) is 0 Å².